The third-order valence-electron chi connectivity index (χ3n) is 1.65. The van der Waals surface area contributed by atoms with Gasteiger partial charge in [0.25, 0.3) is 0 Å². The molecule has 1 heterocycles. The fourth-order valence-electron chi connectivity index (χ4n) is 0.921. The molecule has 0 bridgehead atoms. The molecule has 1 N–H and O–H groups in total. The average molecular weight is 168 g/mol. The SMILES string of the molecule is CCc1cnn(CCC(=O)O)c1. The quantitative estimate of drug-likeness (QED) is 0.727. The van der Waals surface area contributed by atoms with Crippen LogP contribution in [0.3, 0.4) is 0 Å². The molecule has 0 saturated heterocycles. The van der Waals surface area contributed by atoms with E-state index in [1.807, 2.05) is 13.1 Å². The van der Waals surface area contributed by atoms with Crippen LogP contribution in [0.5, 0.6) is 0 Å². The van der Waals surface area contributed by atoms with E-state index in [1.165, 1.54) is 0 Å². The predicted molar refractivity (Wildman–Crippen MR) is 43.9 cm³/mol. The maximum atomic E-state index is 10.2. The normalized spacial score (nSPS) is 10.1. The third-order valence-corrected chi connectivity index (χ3v) is 1.65. The fourth-order valence-corrected chi connectivity index (χ4v) is 0.921. The molecule has 0 fully saturated rings. The first-order chi connectivity index (χ1) is 5.72. The molecule has 12 heavy (non-hydrogen) atoms. The van der Waals surface area contributed by atoms with E-state index in [0.29, 0.717) is 6.54 Å². The molecule has 0 aromatic carbocycles. The lowest BCUT2D eigenvalue weighted by Crippen LogP contribution is -2.04. The van der Waals surface area contributed by atoms with E-state index in [0.717, 1.165) is 12.0 Å². The lowest BCUT2D eigenvalue weighted by molar-refractivity contribution is -0.137. The van der Waals surface area contributed by atoms with Crippen LogP contribution in [0.1, 0.15) is 18.9 Å². The van der Waals surface area contributed by atoms with Crippen molar-refractivity contribution in [2.45, 2.75) is 26.3 Å². The summed E-state index contributed by atoms with van der Waals surface area (Å²) >= 11 is 0. The summed E-state index contributed by atoms with van der Waals surface area (Å²) in [4.78, 5) is 10.2. The number of aromatic nitrogens is 2. The van der Waals surface area contributed by atoms with Gasteiger partial charge in [-0.2, -0.15) is 5.10 Å². The summed E-state index contributed by atoms with van der Waals surface area (Å²) in [7, 11) is 0. The Labute approximate surface area is 70.8 Å². The van der Waals surface area contributed by atoms with E-state index in [1.54, 1.807) is 10.9 Å². The zero-order valence-electron chi connectivity index (χ0n) is 7.03. The maximum absolute atomic E-state index is 10.2. The molecule has 0 amide bonds. The minimum absolute atomic E-state index is 0.130. The van der Waals surface area contributed by atoms with Gasteiger partial charge < -0.3 is 5.11 Å². The molecular weight excluding hydrogens is 156 g/mol. The standard InChI is InChI=1S/C8H12N2O2/c1-2-7-5-9-10(6-7)4-3-8(11)12/h5-6H,2-4H2,1H3,(H,11,12). The summed E-state index contributed by atoms with van der Waals surface area (Å²) in [6, 6.07) is 0. The minimum atomic E-state index is -0.788. The van der Waals surface area contributed by atoms with Crippen LogP contribution in [-0.2, 0) is 17.8 Å². The zero-order chi connectivity index (χ0) is 8.97. The molecule has 0 atom stereocenters. The Morgan fingerprint density at radius 3 is 3.00 bits per heavy atom. The summed E-state index contributed by atoms with van der Waals surface area (Å²) in [5.74, 6) is -0.788. The Hall–Kier alpha value is -1.32. The van der Waals surface area contributed by atoms with Gasteiger partial charge in [-0.05, 0) is 12.0 Å². The Kier molecular flexibility index (Phi) is 2.85. The van der Waals surface area contributed by atoms with Crippen molar-refractivity contribution in [3.63, 3.8) is 0 Å². The monoisotopic (exact) mass is 168 g/mol. The molecule has 1 rings (SSSR count). The Morgan fingerprint density at radius 2 is 2.50 bits per heavy atom. The highest BCUT2D eigenvalue weighted by molar-refractivity contribution is 5.66. The van der Waals surface area contributed by atoms with E-state index < -0.39 is 5.97 Å². The van der Waals surface area contributed by atoms with Gasteiger partial charge in [0.1, 0.15) is 0 Å². The summed E-state index contributed by atoms with van der Waals surface area (Å²) in [6.07, 6.45) is 4.71. The second-order valence-corrected chi connectivity index (χ2v) is 2.61. The van der Waals surface area contributed by atoms with Gasteiger partial charge >= 0.3 is 5.97 Å². The van der Waals surface area contributed by atoms with Gasteiger partial charge in [-0.1, -0.05) is 6.92 Å². The van der Waals surface area contributed by atoms with Crippen LogP contribution in [-0.4, -0.2) is 20.9 Å². The lowest BCUT2D eigenvalue weighted by Gasteiger charge is -1.95. The number of aryl methyl sites for hydroxylation is 2. The first kappa shape index (κ1) is 8.77. The fraction of sp³-hybridized carbons (Fsp3) is 0.500. The van der Waals surface area contributed by atoms with Gasteiger partial charge in [-0.25, -0.2) is 0 Å². The minimum Gasteiger partial charge on any atom is -0.481 e. The summed E-state index contributed by atoms with van der Waals surface area (Å²) < 4.78 is 1.66. The molecule has 0 spiro atoms. The molecule has 4 heteroatoms. The lowest BCUT2D eigenvalue weighted by atomic mass is 10.3. The van der Waals surface area contributed by atoms with E-state index in [9.17, 15) is 4.79 Å². The van der Waals surface area contributed by atoms with Crippen molar-refractivity contribution < 1.29 is 9.90 Å². The number of hydrogen-bond donors (Lipinski definition) is 1. The van der Waals surface area contributed by atoms with Crippen molar-refractivity contribution in [3.05, 3.63) is 18.0 Å². The third kappa shape index (κ3) is 2.38. The van der Waals surface area contributed by atoms with Crippen LogP contribution in [0.2, 0.25) is 0 Å². The smallest absolute Gasteiger partial charge is 0.305 e. The van der Waals surface area contributed by atoms with Crippen LogP contribution in [0.4, 0.5) is 0 Å². The maximum Gasteiger partial charge on any atom is 0.305 e. The van der Waals surface area contributed by atoms with Gasteiger partial charge in [0.15, 0.2) is 0 Å². The second kappa shape index (κ2) is 3.90. The molecule has 0 aliphatic rings. The summed E-state index contributed by atoms with van der Waals surface area (Å²) in [5, 5.41) is 12.4. The van der Waals surface area contributed by atoms with Crippen LogP contribution < -0.4 is 0 Å². The number of nitrogens with zero attached hydrogens (tertiary/aromatic N) is 2. The van der Waals surface area contributed by atoms with Crippen LogP contribution in [0.15, 0.2) is 12.4 Å². The largest absolute Gasteiger partial charge is 0.481 e. The zero-order valence-corrected chi connectivity index (χ0v) is 7.03. The number of rotatable bonds is 4. The van der Waals surface area contributed by atoms with Crippen LogP contribution >= 0.6 is 0 Å². The van der Waals surface area contributed by atoms with Crippen molar-refractivity contribution in [1.82, 2.24) is 9.78 Å². The second-order valence-electron chi connectivity index (χ2n) is 2.61. The number of carboxylic acid groups (broad SMARTS) is 1. The Balaban J connectivity index is 2.47. The molecule has 66 valence electrons. The Morgan fingerprint density at radius 1 is 1.75 bits per heavy atom. The van der Waals surface area contributed by atoms with E-state index in [2.05, 4.69) is 5.10 Å². The number of aliphatic carboxylic acids is 1. The molecule has 0 aliphatic carbocycles. The van der Waals surface area contributed by atoms with Gasteiger partial charge in [-0.15, -0.1) is 0 Å². The number of hydrogen-bond acceptors (Lipinski definition) is 2. The molecule has 1 aromatic rings. The first-order valence-electron chi connectivity index (χ1n) is 3.95. The van der Waals surface area contributed by atoms with Gasteiger partial charge in [-0.3, -0.25) is 9.48 Å². The van der Waals surface area contributed by atoms with E-state index in [-0.39, 0.29) is 6.42 Å². The molecule has 0 unspecified atom stereocenters. The average Bonchev–Trinajstić information content (AvgIpc) is 2.48. The van der Waals surface area contributed by atoms with Crippen molar-refractivity contribution in [1.29, 1.82) is 0 Å². The summed E-state index contributed by atoms with van der Waals surface area (Å²) in [6.45, 7) is 2.49. The van der Waals surface area contributed by atoms with Crippen molar-refractivity contribution in [2.75, 3.05) is 0 Å². The highest BCUT2D eigenvalue weighted by atomic mass is 16.4. The van der Waals surface area contributed by atoms with Crippen molar-refractivity contribution in [2.24, 2.45) is 0 Å². The molecular formula is C8H12N2O2. The van der Waals surface area contributed by atoms with Gasteiger partial charge in [0, 0.05) is 6.20 Å². The number of carboxylic acids is 1. The van der Waals surface area contributed by atoms with Crippen molar-refractivity contribution in [3.8, 4) is 0 Å². The van der Waals surface area contributed by atoms with Crippen LogP contribution in [0, 0.1) is 0 Å². The molecule has 0 saturated carbocycles. The topological polar surface area (TPSA) is 55.1 Å². The highest BCUT2D eigenvalue weighted by Crippen LogP contribution is 1.98. The molecule has 4 nitrogen and oxygen atoms in total. The van der Waals surface area contributed by atoms with Gasteiger partial charge in [0.2, 0.25) is 0 Å². The highest BCUT2D eigenvalue weighted by Gasteiger charge is 1.99. The predicted octanol–water partition coefficient (Wildman–Crippen LogP) is 0.920. The van der Waals surface area contributed by atoms with E-state index in [4.69, 9.17) is 5.11 Å². The van der Waals surface area contributed by atoms with Gasteiger partial charge in [0.05, 0.1) is 19.2 Å². The molecule has 0 radical (unpaired) electrons. The Bertz CT molecular complexity index is 268. The summed E-state index contributed by atoms with van der Waals surface area (Å²) in [5.41, 5.74) is 1.14. The number of carbonyl (C=O) groups is 1. The van der Waals surface area contributed by atoms with E-state index >= 15 is 0 Å². The molecule has 1 aromatic heterocycles. The molecule has 0 aliphatic heterocycles. The van der Waals surface area contributed by atoms with Crippen molar-refractivity contribution >= 4 is 5.97 Å². The van der Waals surface area contributed by atoms with Crippen LogP contribution in [0.25, 0.3) is 0 Å². The first-order valence-corrected chi connectivity index (χ1v) is 3.95.